The minimum Gasteiger partial charge on any atom is -0.477 e. The van der Waals surface area contributed by atoms with Crippen molar-refractivity contribution in [2.24, 2.45) is 5.73 Å². The number of aromatic carboxylic acids is 1. The highest BCUT2D eigenvalue weighted by molar-refractivity contribution is 5.96. The van der Waals surface area contributed by atoms with E-state index >= 15 is 4.39 Å². The van der Waals surface area contributed by atoms with Gasteiger partial charge in [-0.25, -0.2) is 18.0 Å². The first-order valence-electron chi connectivity index (χ1n) is 10.9. The van der Waals surface area contributed by atoms with Crippen molar-refractivity contribution in [2.45, 2.75) is 37.6 Å². The molecule has 0 bridgehead atoms. The Morgan fingerprint density at radius 2 is 1.85 bits per heavy atom. The van der Waals surface area contributed by atoms with Gasteiger partial charge in [-0.3, -0.25) is 4.79 Å². The maximum atomic E-state index is 15.6. The Balaban J connectivity index is 1.90. The molecular formula is C24H22F3N3O3. The number of carbonyl (C=O) groups is 1. The number of hydrogen-bond acceptors (Lipinski definition) is 4. The molecule has 2 aliphatic rings. The van der Waals surface area contributed by atoms with E-state index in [-0.39, 0.29) is 28.6 Å². The van der Waals surface area contributed by atoms with Crippen molar-refractivity contribution in [1.82, 2.24) is 4.57 Å². The monoisotopic (exact) mass is 457 g/mol. The number of aromatic nitrogens is 1. The average Bonchev–Trinajstić information content (AvgIpc) is 3.59. The van der Waals surface area contributed by atoms with E-state index in [0.717, 1.165) is 44.0 Å². The van der Waals surface area contributed by atoms with Crippen LogP contribution in [0.3, 0.4) is 0 Å². The van der Waals surface area contributed by atoms with E-state index in [4.69, 9.17) is 5.73 Å². The van der Waals surface area contributed by atoms with Crippen LogP contribution in [0, 0.1) is 17.5 Å². The van der Waals surface area contributed by atoms with Crippen LogP contribution in [0.5, 0.6) is 0 Å². The number of piperidine rings is 1. The van der Waals surface area contributed by atoms with Gasteiger partial charge in [-0.2, -0.15) is 0 Å². The maximum Gasteiger partial charge on any atom is 0.341 e. The van der Waals surface area contributed by atoms with Gasteiger partial charge in [0.15, 0.2) is 0 Å². The normalized spacial score (nSPS) is 18.7. The van der Waals surface area contributed by atoms with Gasteiger partial charge in [0.2, 0.25) is 5.43 Å². The van der Waals surface area contributed by atoms with Crippen molar-refractivity contribution in [3.63, 3.8) is 0 Å². The predicted molar refractivity (Wildman–Crippen MR) is 118 cm³/mol. The third kappa shape index (κ3) is 3.66. The van der Waals surface area contributed by atoms with Gasteiger partial charge in [0.25, 0.3) is 0 Å². The zero-order valence-corrected chi connectivity index (χ0v) is 17.7. The molecular weight excluding hydrogens is 435 g/mol. The summed E-state index contributed by atoms with van der Waals surface area (Å²) in [7, 11) is 0. The van der Waals surface area contributed by atoms with Gasteiger partial charge >= 0.3 is 5.97 Å². The van der Waals surface area contributed by atoms with Crippen LogP contribution in [0.2, 0.25) is 0 Å². The average molecular weight is 457 g/mol. The third-order valence-electron chi connectivity index (χ3n) is 6.41. The quantitative estimate of drug-likeness (QED) is 0.620. The molecule has 2 heterocycles. The van der Waals surface area contributed by atoms with Gasteiger partial charge in [-0.05, 0) is 49.8 Å². The van der Waals surface area contributed by atoms with Crippen molar-refractivity contribution in [3.05, 3.63) is 69.3 Å². The molecule has 33 heavy (non-hydrogen) atoms. The van der Waals surface area contributed by atoms with Crippen LogP contribution in [0.25, 0.3) is 16.6 Å². The molecule has 3 aromatic rings. The van der Waals surface area contributed by atoms with E-state index < -0.39 is 34.4 Å². The second-order valence-corrected chi connectivity index (χ2v) is 8.78. The number of benzene rings is 2. The number of carboxylic acids is 1. The number of nitrogens with zero attached hydrogens (tertiary/aromatic N) is 2. The number of nitrogens with two attached hydrogens (primary N) is 1. The molecule has 0 spiro atoms. The highest BCUT2D eigenvalue weighted by Crippen LogP contribution is 2.49. The third-order valence-corrected chi connectivity index (χ3v) is 6.41. The van der Waals surface area contributed by atoms with Crippen LogP contribution >= 0.6 is 0 Å². The van der Waals surface area contributed by atoms with Crippen LogP contribution in [0.4, 0.5) is 18.9 Å². The minimum atomic E-state index is -1.52. The minimum absolute atomic E-state index is 0.0683. The van der Waals surface area contributed by atoms with Gasteiger partial charge in [-0.1, -0.05) is 0 Å². The summed E-state index contributed by atoms with van der Waals surface area (Å²) in [5, 5.41) is 9.42. The Kier molecular flexibility index (Phi) is 5.16. The first-order valence-corrected chi connectivity index (χ1v) is 10.9. The number of rotatable bonds is 4. The number of carboxylic acid groups (broad SMARTS) is 1. The van der Waals surface area contributed by atoms with Crippen molar-refractivity contribution in [3.8, 4) is 5.69 Å². The lowest BCUT2D eigenvalue weighted by Crippen LogP contribution is -2.43. The SMILES string of the molecule is NC1CCCN(c2c(F)cc3c(=O)c(C(=O)O)cn(-c4ccc(F)cc4F)c3c2C2CC2)C1. The topological polar surface area (TPSA) is 88.6 Å². The van der Waals surface area contributed by atoms with Crippen LogP contribution in [0.1, 0.15) is 47.5 Å². The van der Waals surface area contributed by atoms with Gasteiger partial charge in [0.05, 0.1) is 22.3 Å². The summed E-state index contributed by atoms with van der Waals surface area (Å²) in [4.78, 5) is 26.7. The van der Waals surface area contributed by atoms with Crippen LogP contribution in [0.15, 0.2) is 35.3 Å². The highest BCUT2D eigenvalue weighted by Gasteiger charge is 2.35. The van der Waals surface area contributed by atoms with Crippen molar-refractivity contribution in [1.29, 1.82) is 0 Å². The number of pyridine rings is 1. The standard InChI is InChI=1S/C24H22F3N3O3/c25-13-5-6-19(17(26)8-13)30-11-16(24(32)33)23(31)15-9-18(27)22(20(21(15)30)12-3-4-12)29-7-1-2-14(28)10-29/h5-6,8-9,11-12,14H,1-4,7,10,28H2,(H,32,33). The van der Waals surface area contributed by atoms with Crippen molar-refractivity contribution in [2.75, 3.05) is 18.0 Å². The summed E-state index contributed by atoms with van der Waals surface area (Å²) in [6, 6.07) is 3.81. The second-order valence-electron chi connectivity index (χ2n) is 8.78. The van der Waals surface area contributed by atoms with E-state index in [1.165, 1.54) is 10.6 Å². The smallest absolute Gasteiger partial charge is 0.341 e. The van der Waals surface area contributed by atoms with Gasteiger partial charge in [-0.15, -0.1) is 0 Å². The molecule has 5 rings (SSSR count). The van der Waals surface area contributed by atoms with Crippen LogP contribution < -0.4 is 16.1 Å². The molecule has 1 aromatic heterocycles. The molecule has 1 saturated carbocycles. The summed E-state index contributed by atoms with van der Waals surface area (Å²) < 4.78 is 45.2. The zero-order valence-electron chi connectivity index (χ0n) is 17.7. The molecule has 3 N–H and O–H groups in total. The Morgan fingerprint density at radius 1 is 1.09 bits per heavy atom. The number of anilines is 1. The van der Waals surface area contributed by atoms with E-state index in [9.17, 15) is 23.5 Å². The van der Waals surface area contributed by atoms with Crippen LogP contribution in [-0.4, -0.2) is 34.8 Å². The fourth-order valence-electron chi connectivity index (χ4n) is 4.79. The largest absolute Gasteiger partial charge is 0.477 e. The summed E-state index contributed by atoms with van der Waals surface area (Å²) in [6.07, 6.45) is 4.15. The Morgan fingerprint density at radius 3 is 2.48 bits per heavy atom. The summed E-state index contributed by atoms with van der Waals surface area (Å²) in [5.41, 5.74) is 5.63. The molecule has 2 fully saturated rings. The Bertz CT molecular complexity index is 1350. The lowest BCUT2D eigenvalue weighted by molar-refractivity contribution is 0.0695. The van der Waals surface area contributed by atoms with Gasteiger partial charge in [0, 0.05) is 37.0 Å². The fraction of sp³-hybridized carbons (Fsp3) is 0.333. The summed E-state index contributed by atoms with van der Waals surface area (Å²) in [6.45, 7) is 1.02. The van der Waals surface area contributed by atoms with Gasteiger partial charge in [0.1, 0.15) is 23.0 Å². The number of hydrogen-bond donors (Lipinski definition) is 2. The van der Waals surface area contributed by atoms with Crippen LogP contribution in [-0.2, 0) is 0 Å². The molecule has 1 aliphatic carbocycles. The molecule has 2 aromatic carbocycles. The van der Waals surface area contributed by atoms with Crippen molar-refractivity contribution < 1.29 is 23.1 Å². The van der Waals surface area contributed by atoms with Gasteiger partial charge < -0.3 is 20.3 Å². The summed E-state index contributed by atoms with van der Waals surface area (Å²) in [5.74, 6) is -3.94. The summed E-state index contributed by atoms with van der Waals surface area (Å²) >= 11 is 0. The first kappa shape index (κ1) is 21.5. The zero-order chi connectivity index (χ0) is 23.4. The number of fused-ring (bicyclic) bond motifs is 1. The first-order chi connectivity index (χ1) is 15.8. The molecule has 9 heteroatoms. The van der Waals surface area contributed by atoms with Crippen molar-refractivity contribution >= 4 is 22.6 Å². The van der Waals surface area contributed by atoms with E-state index in [1.54, 1.807) is 0 Å². The number of halogens is 3. The molecule has 1 saturated heterocycles. The molecule has 172 valence electrons. The Labute approximate surface area is 187 Å². The molecule has 6 nitrogen and oxygen atoms in total. The van der Waals surface area contributed by atoms with E-state index in [1.807, 2.05) is 4.90 Å². The molecule has 1 unspecified atom stereocenters. The lowest BCUT2D eigenvalue weighted by atomic mass is 9.97. The fourth-order valence-corrected chi connectivity index (χ4v) is 4.79. The lowest BCUT2D eigenvalue weighted by Gasteiger charge is -2.35. The van der Waals surface area contributed by atoms with E-state index in [0.29, 0.717) is 30.4 Å². The maximum absolute atomic E-state index is 15.6. The molecule has 1 atom stereocenters. The molecule has 1 aliphatic heterocycles. The second kappa shape index (κ2) is 7.91. The van der Waals surface area contributed by atoms with E-state index in [2.05, 4.69) is 0 Å². The molecule has 0 amide bonds. The highest BCUT2D eigenvalue weighted by atomic mass is 19.1. The Hall–Kier alpha value is -3.33. The predicted octanol–water partition coefficient (Wildman–Crippen LogP) is 3.91. The molecule has 0 radical (unpaired) electrons.